The van der Waals surface area contributed by atoms with E-state index in [-0.39, 0.29) is 11.8 Å². The molecule has 2 aromatic rings. The number of rotatable bonds is 7. The van der Waals surface area contributed by atoms with Gasteiger partial charge in [0.05, 0.1) is 0 Å². The smallest absolute Gasteiger partial charge is 0.223 e. The Morgan fingerprint density at radius 1 is 1.12 bits per heavy atom. The van der Waals surface area contributed by atoms with E-state index in [4.69, 9.17) is 0 Å². The molecule has 0 saturated carbocycles. The van der Waals surface area contributed by atoms with Crippen molar-refractivity contribution in [3.63, 3.8) is 0 Å². The van der Waals surface area contributed by atoms with Crippen LogP contribution in [0.3, 0.4) is 0 Å². The highest BCUT2D eigenvalue weighted by Crippen LogP contribution is 2.30. The predicted molar refractivity (Wildman–Crippen MR) is 131 cm³/mol. The van der Waals surface area contributed by atoms with Crippen LogP contribution in [0.5, 0.6) is 0 Å². The first-order valence-electron chi connectivity index (χ1n) is 11.9. The van der Waals surface area contributed by atoms with Crippen LogP contribution >= 0.6 is 11.8 Å². The first-order valence-corrected chi connectivity index (χ1v) is 12.7. The third kappa shape index (κ3) is 6.12. The van der Waals surface area contributed by atoms with E-state index in [1.807, 2.05) is 6.07 Å². The van der Waals surface area contributed by atoms with Crippen LogP contribution in [0.2, 0.25) is 0 Å². The molecule has 0 bridgehead atoms. The summed E-state index contributed by atoms with van der Waals surface area (Å²) < 4.78 is 0. The second-order valence-corrected chi connectivity index (χ2v) is 10.1. The van der Waals surface area contributed by atoms with Gasteiger partial charge in [-0.25, -0.2) is 0 Å². The number of carbonyl (C=O) groups excluding carboxylic acids is 1. The van der Waals surface area contributed by atoms with Crippen LogP contribution in [-0.4, -0.2) is 35.7 Å². The van der Waals surface area contributed by atoms with Crippen LogP contribution in [0.15, 0.2) is 51.9 Å². The molecular formula is C26H34N4OS. The number of piperidine rings is 1. The second-order valence-electron chi connectivity index (χ2n) is 9.01. The van der Waals surface area contributed by atoms with Gasteiger partial charge in [0.15, 0.2) is 5.82 Å². The summed E-state index contributed by atoms with van der Waals surface area (Å²) in [5.74, 6) is 1.23. The Hall–Kier alpha value is -2.34. The van der Waals surface area contributed by atoms with Crippen LogP contribution < -0.4 is 10.2 Å². The number of benzene rings is 1. The maximum Gasteiger partial charge on any atom is 0.223 e. The normalized spacial score (nSPS) is 17.2. The van der Waals surface area contributed by atoms with Crippen molar-refractivity contribution in [1.82, 2.24) is 15.5 Å². The lowest BCUT2D eigenvalue weighted by molar-refractivity contribution is -0.125. The Morgan fingerprint density at radius 2 is 1.97 bits per heavy atom. The zero-order valence-corrected chi connectivity index (χ0v) is 20.1. The second kappa shape index (κ2) is 11.0. The molecule has 1 aromatic heterocycles. The lowest BCUT2D eigenvalue weighted by Crippen LogP contribution is -2.41. The highest BCUT2D eigenvalue weighted by atomic mass is 32.2. The van der Waals surface area contributed by atoms with Crippen molar-refractivity contribution < 1.29 is 4.79 Å². The van der Waals surface area contributed by atoms with Gasteiger partial charge in [0, 0.05) is 30.4 Å². The lowest BCUT2D eigenvalue weighted by atomic mass is 9.95. The van der Waals surface area contributed by atoms with Crippen molar-refractivity contribution in [2.24, 2.45) is 5.92 Å². The molecule has 1 aromatic carbocycles. The molecule has 1 saturated heterocycles. The molecule has 1 aliphatic carbocycles. The molecule has 6 heteroatoms. The number of hydrogen-bond donors (Lipinski definition) is 1. The summed E-state index contributed by atoms with van der Waals surface area (Å²) >= 11 is 1.66. The fourth-order valence-corrected chi connectivity index (χ4v) is 5.38. The highest BCUT2D eigenvalue weighted by Gasteiger charge is 2.25. The average Bonchev–Trinajstić information content (AvgIpc) is 2.83. The van der Waals surface area contributed by atoms with Gasteiger partial charge in [0.25, 0.3) is 0 Å². The Balaban J connectivity index is 1.23. The van der Waals surface area contributed by atoms with Gasteiger partial charge in [-0.1, -0.05) is 35.5 Å². The number of hydrogen-bond acceptors (Lipinski definition) is 5. The molecule has 5 nitrogen and oxygen atoms in total. The van der Waals surface area contributed by atoms with E-state index in [0.717, 1.165) is 49.7 Å². The van der Waals surface area contributed by atoms with Crippen molar-refractivity contribution in [3.05, 3.63) is 53.1 Å². The van der Waals surface area contributed by atoms with E-state index < -0.39 is 0 Å². The summed E-state index contributed by atoms with van der Waals surface area (Å²) in [7, 11) is 0. The summed E-state index contributed by atoms with van der Waals surface area (Å²) in [4.78, 5) is 16.0. The Labute approximate surface area is 196 Å². The Morgan fingerprint density at radius 3 is 2.69 bits per heavy atom. The first kappa shape index (κ1) is 22.8. The molecule has 0 spiro atoms. The maximum absolute atomic E-state index is 12.6. The average molecular weight is 451 g/mol. The third-order valence-electron chi connectivity index (χ3n) is 6.50. The number of amides is 1. The van der Waals surface area contributed by atoms with Gasteiger partial charge in [-0.15, -0.1) is 10.2 Å². The number of nitrogens with one attached hydrogen (secondary N) is 1. The van der Waals surface area contributed by atoms with Gasteiger partial charge in [0.2, 0.25) is 5.91 Å². The van der Waals surface area contributed by atoms with Crippen molar-refractivity contribution in [2.75, 3.05) is 24.5 Å². The number of aromatic nitrogens is 2. The molecule has 0 unspecified atom stereocenters. The minimum absolute atomic E-state index is 0.110. The third-order valence-corrected chi connectivity index (χ3v) is 7.59. The van der Waals surface area contributed by atoms with Crippen molar-refractivity contribution >= 4 is 23.5 Å². The lowest BCUT2D eigenvalue weighted by Gasteiger charge is -2.31. The van der Waals surface area contributed by atoms with Crippen molar-refractivity contribution in [1.29, 1.82) is 0 Å². The van der Waals surface area contributed by atoms with E-state index in [2.05, 4.69) is 64.6 Å². The molecule has 0 atom stereocenters. The quantitative estimate of drug-likeness (QED) is 0.567. The number of aryl methyl sites for hydroxylation is 2. The van der Waals surface area contributed by atoms with E-state index in [0.29, 0.717) is 0 Å². The molecular weight excluding hydrogens is 416 g/mol. The summed E-state index contributed by atoms with van der Waals surface area (Å²) in [6, 6.07) is 10.6. The fraction of sp³-hybridized carbons (Fsp3) is 0.500. The Bertz CT molecular complexity index is 949. The van der Waals surface area contributed by atoms with E-state index in [1.165, 1.54) is 47.3 Å². The highest BCUT2D eigenvalue weighted by molar-refractivity contribution is 7.99. The topological polar surface area (TPSA) is 58.1 Å². The Kier molecular flexibility index (Phi) is 7.85. The predicted octanol–water partition coefficient (Wildman–Crippen LogP) is 5.47. The van der Waals surface area contributed by atoms with E-state index >= 15 is 0 Å². The van der Waals surface area contributed by atoms with Gasteiger partial charge in [-0.05, 0) is 88.1 Å². The van der Waals surface area contributed by atoms with Crippen molar-refractivity contribution in [2.45, 2.75) is 68.7 Å². The summed E-state index contributed by atoms with van der Waals surface area (Å²) in [5.41, 5.74) is 4.02. The molecule has 2 aliphatic rings. The molecule has 1 aliphatic heterocycles. The molecule has 2 heterocycles. The maximum atomic E-state index is 12.6. The van der Waals surface area contributed by atoms with Crippen LogP contribution in [-0.2, 0) is 4.79 Å². The zero-order valence-electron chi connectivity index (χ0n) is 19.3. The van der Waals surface area contributed by atoms with Gasteiger partial charge in [-0.3, -0.25) is 4.79 Å². The van der Waals surface area contributed by atoms with Gasteiger partial charge >= 0.3 is 0 Å². The summed E-state index contributed by atoms with van der Waals surface area (Å²) in [6.45, 7) is 6.70. The minimum Gasteiger partial charge on any atom is -0.356 e. The van der Waals surface area contributed by atoms with Crippen LogP contribution in [0.1, 0.15) is 56.1 Å². The number of allylic oxidation sites excluding steroid dienone is 1. The molecule has 0 radical (unpaired) electrons. The largest absolute Gasteiger partial charge is 0.356 e. The minimum atomic E-state index is 0.110. The van der Waals surface area contributed by atoms with E-state index in [9.17, 15) is 4.79 Å². The van der Waals surface area contributed by atoms with Crippen LogP contribution in [0.4, 0.5) is 5.82 Å². The molecule has 32 heavy (non-hydrogen) atoms. The van der Waals surface area contributed by atoms with Crippen molar-refractivity contribution in [3.8, 4) is 0 Å². The van der Waals surface area contributed by atoms with Crippen LogP contribution in [0.25, 0.3) is 0 Å². The monoisotopic (exact) mass is 450 g/mol. The molecule has 4 rings (SSSR count). The number of anilines is 1. The first-order chi connectivity index (χ1) is 15.6. The number of carbonyl (C=O) groups is 1. The van der Waals surface area contributed by atoms with Crippen LogP contribution in [0, 0.1) is 19.8 Å². The van der Waals surface area contributed by atoms with Gasteiger partial charge in [0.1, 0.15) is 5.03 Å². The van der Waals surface area contributed by atoms with Gasteiger partial charge in [-0.2, -0.15) is 0 Å². The molecule has 1 amide bonds. The summed E-state index contributed by atoms with van der Waals surface area (Å²) in [5, 5.41) is 13.0. The molecule has 1 N–H and O–H groups in total. The summed E-state index contributed by atoms with van der Waals surface area (Å²) in [6.07, 6.45) is 10.1. The van der Waals surface area contributed by atoms with Gasteiger partial charge < -0.3 is 10.2 Å². The molecule has 170 valence electrons. The standard InChI is InChI=1S/C26H34N4OS/c1-19-8-9-20(2)23(18-19)32-25-11-10-24(28-29-25)30-16-13-22(14-17-30)26(31)27-15-12-21-6-4-3-5-7-21/h6,8-11,18,22H,3-5,7,12-17H2,1-2H3,(H,27,31). The fourth-order valence-electron chi connectivity index (χ4n) is 4.46. The SMILES string of the molecule is Cc1ccc(C)c(Sc2ccc(N3CCC(C(=O)NCCC4=CCCCC4)CC3)nn2)c1. The zero-order chi connectivity index (χ0) is 22.3. The number of nitrogens with zero attached hydrogens (tertiary/aromatic N) is 3. The molecule has 1 fully saturated rings. The van der Waals surface area contributed by atoms with E-state index in [1.54, 1.807) is 11.8 Å².